The van der Waals surface area contributed by atoms with E-state index >= 15 is 0 Å². The number of amides is 1. The summed E-state index contributed by atoms with van der Waals surface area (Å²) in [5.74, 6) is -1.06. The van der Waals surface area contributed by atoms with Crippen molar-refractivity contribution in [1.82, 2.24) is 9.62 Å². The van der Waals surface area contributed by atoms with Gasteiger partial charge in [-0.3, -0.25) is 9.59 Å². The molecule has 7 nitrogen and oxygen atoms in total. The largest absolute Gasteiger partial charge is 0.481 e. The fraction of sp³-hybridized carbons (Fsp3) is 0.857. The lowest BCUT2D eigenvalue weighted by molar-refractivity contribution is -0.137. The number of nitrogens with zero attached hydrogens (tertiary/aromatic N) is 1. The number of rotatable bonds is 9. The summed E-state index contributed by atoms with van der Waals surface area (Å²) < 4.78 is 25.8. The Balaban J connectivity index is 2.52. The zero-order valence-corrected chi connectivity index (χ0v) is 13.9. The lowest BCUT2D eigenvalue weighted by Crippen LogP contribution is -2.52. The van der Waals surface area contributed by atoms with Gasteiger partial charge in [0.1, 0.15) is 6.04 Å². The highest BCUT2D eigenvalue weighted by molar-refractivity contribution is 7.89. The van der Waals surface area contributed by atoms with Crippen molar-refractivity contribution in [3.8, 4) is 0 Å². The van der Waals surface area contributed by atoms with E-state index < -0.39 is 22.0 Å². The minimum absolute atomic E-state index is 0.0649. The molecule has 2 N–H and O–H groups in total. The normalized spacial score (nSPS) is 19.8. The monoisotopic (exact) mass is 334 g/mol. The van der Waals surface area contributed by atoms with Crippen LogP contribution in [0, 0.1) is 0 Å². The van der Waals surface area contributed by atoms with Crippen molar-refractivity contribution in [1.29, 1.82) is 0 Å². The predicted octanol–water partition coefficient (Wildman–Crippen LogP) is 0.952. The van der Waals surface area contributed by atoms with Crippen molar-refractivity contribution in [3.63, 3.8) is 0 Å². The number of carbonyl (C=O) groups excluding carboxylic acids is 1. The van der Waals surface area contributed by atoms with Gasteiger partial charge in [-0.15, -0.1) is 0 Å². The minimum Gasteiger partial charge on any atom is -0.481 e. The van der Waals surface area contributed by atoms with Gasteiger partial charge in [-0.25, -0.2) is 8.42 Å². The fourth-order valence-electron chi connectivity index (χ4n) is 2.61. The summed E-state index contributed by atoms with van der Waals surface area (Å²) in [6.45, 7) is 2.59. The second-order valence-corrected chi connectivity index (χ2v) is 7.62. The van der Waals surface area contributed by atoms with E-state index in [-0.39, 0.29) is 18.1 Å². The lowest BCUT2D eigenvalue weighted by atomic mass is 10.0. The smallest absolute Gasteiger partial charge is 0.303 e. The molecule has 0 aromatic carbocycles. The van der Waals surface area contributed by atoms with E-state index in [0.717, 1.165) is 12.8 Å². The van der Waals surface area contributed by atoms with Crippen molar-refractivity contribution in [2.45, 2.75) is 57.9 Å². The molecular formula is C14H26N2O5S. The van der Waals surface area contributed by atoms with Crippen LogP contribution in [0.15, 0.2) is 0 Å². The Morgan fingerprint density at radius 2 is 2.00 bits per heavy atom. The number of piperidine rings is 1. The SMILES string of the molecule is CCCS(=O)(=O)N1CCCCC1C(=O)NCCCCC(=O)O. The number of carbonyl (C=O) groups is 2. The summed E-state index contributed by atoms with van der Waals surface area (Å²) in [7, 11) is -3.38. The Hall–Kier alpha value is -1.15. The first kappa shape index (κ1) is 18.9. The molecule has 8 heteroatoms. The number of carboxylic acid groups (broad SMARTS) is 1. The molecule has 0 aromatic heterocycles. The lowest BCUT2D eigenvalue weighted by Gasteiger charge is -2.33. The molecule has 22 heavy (non-hydrogen) atoms. The summed E-state index contributed by atoms with van der Waals surface area (Å²) in [5, 5.41) is 11.3. The van der Waals surface area contributed by atoms with Gasteiger partial charge in [-0.1, -0.05) is 13.3 Å². The number of aliphatic carboxylic acids is 1. The van der Waals surface area contributed by atoms with Gasteiger partial charge < -0.3 is 10.4 Å². The molecule has 0 bridgehead atoms. The van der Waals surface area contributed by atoms with Gasteiger partial charge in [0.05, 0.1) is 5.75 Å². The zero-order chi connectivity index (χ0) is 16.6. The first-order valence-electron chi connectivity index (χ1n) is 7.87. The van der Waals surface area contributed by atoms with E-state index in [4.69, 9.17) is 5.11 Å². The minimum atomic E-state index is -3.38. The van der Waals surface area contributed by atoms with Crippen LogP contribution in [0.5, 0.6) is 0 Å². The molecule has 0 spiro atoms. The summed E-state index contributed by atoms with van der Waals surface area (Å²) >= 11 is 0. The quantitative estimate of drug-likeness (QED) is 0.611. The van der Waals surface area contributed by atoms with Crippen LogP contribution in [0.4, 0.5) is 0 Å². The molecule has 128 valence electrons. The highest BCUT2D eigenvalue weighted by atomic mass is 32.2. The molecule has 1 aliphatic rings. The van der Waals surface area contributed by atoms with Crippen LogP contribution >= 0.6 is 0 Å². The molecule has 0 saturated carbocycles. The van der Waals surface area contributed by atoms with Crippen LogP contribution in [-0.2, 0) is 19.6 Å². The van der Waals surface area contributed by atoms with Crippen LogP contribution in [0.25, 0.3) is 0 Å². The highest BCUT2D eigenvalue weighted by Crippen LogP contribution is 2.21. The second-order valence-electron chi connectivity index (χ2n) is 5.58. The maximum atomic E-state index is 12.2. The standard InChI is InChI=1S/C14H26N2O5S/c1-2-11-22(20,21)16-10-6-4-7-12(16)14(19)15-9-5-3-8-13(17)18/h12H,2-11H2,1H3,(H,15,19)(H,17,18). The van der Waals surface area contributed by atoms with E-state index in [9.17, 15) is 18.0 Å². The molecule has 0 aromatic rings. The van der Waals surface area contributed by atoms with Gasteiger partial charge in [0, 0.05) is 19.5 Å². The van der Waals surface area contributed by atoms with Crippen LogP contribution in [-0.4, -0.2) is 54.6 Å². The molecule has 1 unspecified atom stereocenters. The van der Waals surface area contributed by atoms with E-state index in [2.05, 4.69) is 5.32 Å². The average Bonchev–Trinajstić information content (AvgIpc) is 2.46. The first-order valence-corrected chi connectivity index (χ1v) is 9.48. The Labute approximate surface area is 132 Å². The van der Waals surface area contributed by atoms with E-state index in [0.29, 0.717) is 38.8 Å². The third kappa shape index (κ3) is 5.92. The summed E-state index contributed by atoms with van der Waals surface area (Å²) in [6.07, 6.45) is 3.85. The molecule has 1 amide bonds. The van der Waals surface area contributed by atoms with Crippen LogP contribution in [0.3, 0.4) is 0 Å². The first-order chi connectivity index (χ1) is 10.4. The van der Waals surface area contributed by atoms with Crippen LogP contribution in [0.1, 0.15) is 51.9 Å². The molecule has 0 aliphatic carbocycles. The van der Waals surface area contributed by atoms with Gasteiger partial charge in [0.25, 0.3) is 0 Å². The van der Waals surface area contributed by atoms with E-state index in [1.807, 2.05) is 0 Å². The summed E-state index contributed by atoms with van der Waals surface area (Å²) in [6, 6.07) is -0.621. The maximum Gasteiger partial charge on any atom is 0.303 e. The number of hydrogen-bond donors (Lipinski definition) is 2. The van der Waals surface area contributed by atoms with Gasteiger partial charge in [0.15, 0.2) is 0 Å². The molecule has 1 rings (SSSR count). The Morgan fingerprint density at radius 1 is 1.27 bits per heavy atom. The van der Waals surface area contributed by atoms with Gasteiger partial charge >= 0.3 is 5.97 Å². The van der Waals surface area contributed by atoms with Crippen molar-refractivity contribution in [2.75, 3.05) is 18.8 Å². The van der Waals surface area contributed by atoms with Crippen molar-refractivity contribution < 1.29 is 23.1 Å². The molecular weight excluding hydrogens is 308 g/mol. The van der Waals surface area contributed by atoms with E-state index in [1.165, 1.54) is 4.31 Å². The third-order valence-electron chi connectivity index (χ3n) is 3.69. The van der Waals surface area contributed by atoms with Gasteiger partial charge in [-0.05, 0) is 32.1 Å². The third-order valence-corrected chi connectivity index (χ3v) is 5.77. The molecule has 1 fully saturated rings. The van der Waals surface area contributed by atoms with Gasteiger partial charge in [0.2, 0.25) is 15.9 Å². The van der Waals surface area contributed by atoms with Crippen molar-refractivity contribution >= 4 is 21.9 Å². The topological polar surface area (TPSA) is 104 Å². The van der Waals surface area contributed by atoms with E-state index in [1.54, 1.807) is 6.92 Å². The van der Waals surface area contributed by atoms with Gasteiger partial charge in [-0.2, -0.15) is 4.31 Å². The number of unbranched alkanes of at least 4 members (excludes halogenated alkanes) is 1. The summed E-state index contributed by atoms with van der Waals surface area (Å²) in [4.78, 5) is 22.6. The number of carboxylic acids is 1. The zero-order valence-electron chi connectivity index (χ0n) is 13.1. The molecule has 1 saturated heterocycles. The fourth-order valence-corrected chi connectivity index (χ4v) is 4.35. The molecule has 0 radical (unpaired) electrons. The van der Waals surface area contributed by atoms with Crippen LogP contribution < -0.4 is 5.32 Å². The van der Waals surface area contributed by atoms with Crippen LogP contribution in [0.2, 0.25) is 0 Å². The number of sulfonamides is 1. The maximum absolute atomic E-state index is 12.2. The average molecular weight is 334 g/mol. The van der Waals surface area contributed by atoms with Crippen molar-refractivity contribution in [2.24, 2.45) is 0 Å². The molecule has 1 aliphatic heterocycles. The Kier molecular flexibility index (Phi) is 7.81. The Bertz CT molecular complexity index is 478. The predicted molar refractivity (Wildman–Crippen MR) is 82.9 cm³/mol. The molecule has 1 atom stereocenters. The Morgan fingerprint density at radius 3 is 2.64 bits per heavy atom. The highest BCUT2D eigenvalue weighted by Gasteiger charge is 2.35. The second kappa shape index (κ2) is 9.09. The van der Waals surface area contributed by atoms with Crippen molar-refractivity contribution in [3.05, 3.63) is 0 Å². The molecule has 1 heterocycles. The number of hydrogen-bond acceptors (Lipinski definition) is 4. The number of nitrogens with one attached hydrogen (secondary N) is 1. The summed E-state index contributed by atoms with van der Waals surface area (Å²) in [5.41, 5.74) is 0.